The van der Waals surface area contributed by atoms with E-state index in [0.717, 1.165) is 5.56 Å². The number of ketones is 1. The summed E-state index contributed by atoms with van der Waals surface area (Å²) >= 11 is 5.84. The quantitative estimate of drug-likeness (QED) is 0.367. The van der Waals surface area contributed by atoms with E-state index < -0.39 is 4.92 Å². The lowest BCUT2D eigenvalue weighted by Crippen LogP contribution is -1.95. The van der Waals surface area contributed by atoms with Gasteiger partial charge in [0.1, 0.15) is 0 Å². The first-order chi connectivity index (χ1) is 9.56. The number of hydrogen-bond acceptors (Lipinski definition) is 3. The molecule has 0 amide bonds. The minimum atomic E-state index is -0.504. The lowest BCUT2D eigenvalue weighted by atomic mass is 10.1. The third-order valence-electron chi connectivity index (χ3n) is 2.64. The Kier molecular flexibility index (Phi) is 4.27. The molecule has 0 radical (unpaired) electrons. The summed E-state index contributed by atoms with van der Waals surface area (Å²) in [5.41, 5.74) is 1.17. The van der Waals surface area contributed by atoms with Gasteiger partial charge in [-0.3, -0.25) is 14.9 Å². The molecule has 0 heterocycles. The molecular formula is C15H10ClNO3. The van der Waals surface area contributed by atoms with Crippen LogP contribution in [0.1, 0.15) is 15.9 Å². The van der Waals surface area contributed by atoms with Crippen LogP contribution in [0.3, 0.4) is 0 Å². The van der Waals surface area contributed by atoms with Crippen molar-refractivity contribution in [1.82, 2.24) is 0 Å². The van der Waals surface area contributed by atoms with Crippen molar-refractivity contribution in [2.75, 3.05) is 0 Å². The SMILES string of the molecule is O=C(/C=C/c1cccc(Cl)c1)c1ccc([N+](=O)[O-])cc1. The third-order valence-corrected chi connectivity index (χ3v) is 2.87. The molecule has 5 heteroatoms. The first kappa shape index (κ1) is 14.0. The second-order valence-corrected chi connectivity index (χ2v) is 4.49. The van der Waals surface area contributed by atoms with Crippen LogP contribution in [0.4, 0.5) is 5.69 Å². The third kappa shape index (κ3) is 3.52. The molecule has 0 aromatic heterocycles. The molecule has 0 bridgehead atoms. The summed E-state index contributed by atoms with van der Waals surface area (Å²) in [5.74, 6) is -0.222. The Labute approximate surface area is 120 Å². The number of allylic oxidation sites excluding steroid dienone is 1. The monoisotopic (exact) mass is 287 g/mol. The van der Waals surface area contributed by atoms with Crippen molar-refractivity contribution in [3.8, 4) is 0 Å². The van der Waals surface area contributed by atoms with Gasteiger partial charge in [0.25, 0.3) is 5.69 Å². The fourth-order valence-corrected chi connectivity index (χ4v) is 1.82. The highest BCUT2D eigenvalue weighted by Gasteiger charge is 2.07. The summed E-state index contributed by atoms with van der Waals surface area (Å²) in [7, 11) is 0. The van der Waals surface area contributed by atoms with Gasteiger partial charge in [-0.25, -0.2) is 0 Å². The van der Waals surface area contributed by atoms with Gasteiger partial charge in [-0.1, -0.05) is 29.8 Å². The van der Waals surface area contributed by atoms with Crippen LogP contribution in [-0.4, -0.2) is 10.7 Å². The lowest BCUT2D eigenvalue weighted by Gasteiger charge is -1.96. The van der Waals surface area contributed by atoms with Gasteiger partial charge in [0.2, 0.25) is 0 Å². The predicted molar refractivity (Wildman–Crippen MR) is 77.9 cm³/mol. The molecule has 0 aliphatic rings. The summed E-state index contributed by atoms with van der Waals surface area (Å²) in [5, 5.41) is 11.1. The fourth-order valence-electron chi connectivity index (χ4n) is 1.63. The average Bonchev–Trinajstić information content (AvgIpc) is 2.45. The Hall–Kier alpha value is -2.46. The van der Waals surface area contributed by atoms with Crippen molar-refractivity contribution < 1.29 is 9.72 Å². The van der Waals surface area contributed by atoms with Crippen molar-refractivity contribution in [3.05, 3.63) is 80.9 Å². The normalized spacial score (nSPS) is 10.7. The molecule has 0 saturated carbocycles. The van der Waals surface area contributed by atoms with Crippen LogP contribution >= 0.6 is 11.6 Å². The Morgan fingerprint density at radius 2 is 1.85 bits per heavy atom. The van der Waals surface area contributed by atoms with Gasteiger partial charge in [0.05, 0.1) is 4.92 Å². The van der Waals surface area contributed by atoms with E-state index >= 15 is 0 Å². The summed E-state index contributed by atoms with van der Waals surface area (Å²) in [6.07, 6.45) is 3.06. The smallest absolute Gasteiger partial charge is 0.269 e. The van der Waals surface area contributed by atoms with Gasteiger partial charge < -0.3 is 0 Å². The van der Waals surface area contributed by atoms with Crippen molar-refractivity contribution in [1.29, 1.82) is 0 Å². The van der Waals surface area contributed by atoms with E-state index in [1.807, 2.05) is 6.07 Å². The number of nitrogens with zero attached hydrogens (tertiary/aromatic N) is 1. The molecule has 0 N–H and O–H groups in total. The summed E-state index contributed by atoms with van der Waals surface area (Å²) in [6, 6.07) is 12.6. The second-order valence-electron chi connectivity index (χ2n) is 4.06. The van der Waals surface area contributed by atoms with E-state index in [9.17, 15) is 14.9 Å². The van der Waals surface area contributed by atoms with Crippen LogP contribution in [0.5, 0.6) is 0 Å². The van der Waals surface area contributed by atoms with Crippen molar-refractivity contribution in [2.45, 2.75) is 0 Å². The summed E-state index contributed by atoms with van der Waals surface area (Å²) in [6.45, 7) is 0. The van der Waals surface area contributed by atoms with Gasteiger partial charge in [0, 0.05) is 22.7 Å². The first-order valence-corrected chi connectivity index (χ1v) is 6.16. The van der Waals surface area contributed by atoms with Gasteiger partial charge in [0.15, 0.2) is 5.78 Å². The minimum Gasteiger partial charge on any atom is -0.289 e. The Bertz CT molecular complexity index is 678. The molecule has 2 rings (SSSR count). The number of benzene rings is 2. The van der Waals surface area contributed by atoms with E-state index in [2.05, 4.69) is 0 Å². The lowest BCUT2D eigenvalue weighted by molar-refractivity contribution is -0.384. The predicted octanol–water partition coefficient (Wildman–Crippen LogP) is 4.14. The maximum absolute atomic E-state index is 11.9. The zero-order chi connectivity index (χ0) is 14.5. The number of halogens is 1. The molecule has 0 saturated heterocycles. The summed E-state index contributed by atoms with van der Waals surface area (Å²) < 4.78 is 0. The molecule has 2 aromatic carbocycles. The van der Waals surface area contributed by atoms with Gasteiger partial charge in [-0.2, -0.15) is 0 Å². The van der Waals surface area contributed by atoms with E-state index in [1.54, 1.807) is 24.3 Å². The van der Waals surface area contributed by atoms with Crippen molar-refractivity contribution >= 4 is 29.1 Å². The van der Waals surface area contributed by atoms with Crippen LogP contribution in [-0.2, 0) is 0 Å². The molecule has 0 unspecified atom stereocenters. The molecule has 0 fully saturated rings. The highest BCUT2D eigenvalue weighted by Crippen LogP contribution is 2.14. The van der Waals surface area contributed by atoms with E-state index in [-0.39, 0.29) is 11.5 Å². The molecule has 0 atom stereocenters. The van der Waals surface area contributed by atoms with Crippen molar-refractivity contribution in [3.63, 3.8) is 0 Å². The molecule has 0 spiro atoms. The van der Waals surface area contributed by atoms with Gasteiger partial charge in [-0.15, -0.1) is 0 Å². The number of nitro groups is 1. The van der Waals surface area contributed by atoms with E-state index in [4.69, 9.17) is 11.6 Å². The standard InChI is InChI=1S/C15H10ClNO3/c16-13-3-1-2-11(10-13)4-9-15(18)12-5-7-14(8-6-12)17(19)20/h1-10H/b9-4+. The largest absolute Gasteiger partial charge is 0.289 e. The number of nitro benzene ring substituents is 1. The van der Waals surface area contributed by atoms with Crippen LogP contribution in [0, 0.1) is 10.1 Å². The van der Waals surface area contributed by atoms with Gasteiger partial charge in [-0.05, 0) is 35.9 Å². The molecule has 2 aromatic rings. The molecule has 0 aliphatic carbocycles. The average molecular weight is 288 g/mol. The number of rotatable bonds is 4. The van der Waals surface area contributed by atoms with Crippen LogP contribution in [0.15, 0.2) is 54.6 Å². The Morgan fingerprint density at radius 3 is 2.45 bits per heavy atom. The van der Waals surface area contributed by atoms with E-state index in [1.165, 1.54) is 30.3 Å². The molecule has 20 heavy (non-hydrogen) atoms. The maximum Gasteiger partial charge on any atom is 0.269 e. The number of hydrogen-bond donors (Lipinski definition) is 0. The summed E-state index contributed by atoms with van der Waals surface area (Å²) in [4.78, 5) is 21.9. The van der Waals surface area contributed by atoms with Crippen molar-refractivity contribution in [2.24, 2.45) is 0 Å². The zero-order valence-corrected chi connectivity index (χ0v) is 11.1. The molecule has 100 valence electrons. The topological polar surface area (TPSA) is 60.2 Å². The maximum atomic E-state index is 11.9. The Balaban J connectivity index is 2.13. The number of non-ortho nitro benzene ring substituents is 1. The number of carbonyl (C=O) groups excluding carboxylic acids is 1. The van der Waals surface area contributed by atoms with E-state index in [0.29, 0.717) is 10.6 Å². The van der Waals surface area contributed by atoms with Crippen LogP contribution in [0.25, 0.3) is 6.08 Å². The molecule has 0 aliphatic heterocycles. The molecule has 4 nitrogen and oxygen atoms in total. The van der Waals surface area contributed by atoms with Crippen LogP contribution < -0.4 is 0 Å². The zero-order valence-electron chi connectivity index (χ0n) is 10.3. The number of carbonyl (C=O) groups is 1. The highest BCUT2D eigenvalue weighted by molar-refractivity contribution is 6.30. The second kappa shape index (κ2) is 6.12. The van der Waals surface area contributed by atoms with Crippen LogP contribution in [0.2, 0.25) is 5.02 Å². The van der Waals surface area contributed by atoms with Gasteiger partial charge >= 0.3 is 0 Å². The molecular weight excluding hydrogens is 278 g/mol. The first-order valence-electron chi connectivity index (χ1n) is 5.79. The minimum absolute atomic E-state index is 0.0413. The Morgan fingerprint density at radius 1 is 1.15 bits per heavy atom. The highest BCUT2D eigenvalue weighted by atomic mass is 35.5. The fraction of sp³-hybridized carbons (Fsp3) is 0.